The maximum atomic E-state index is 12.3. The van der Waals surface area contributed by atoms with Gasteiger partial charge in [0, 0.05) is 44.5 Å². The number of nitrogens with zero attached hydrogens (tertiary/aromatic N) is 3. The van der Waals surface area contributed by atoms with E-state index < -0.39 is 0 Å². The molecule has 9 nitrogen and oxygen atoms in total. The molecule has 9 heteroatoms. The SMILES string of the molecule is COCCOc1ccc(-c2nnc(CCC(=O)NCc3cccnc3)c(=O)[nH]2)cc1. The summed E-state index contributed by atoms with van der Waals surface area (Å²) in [5, 5.41) is 10.9. The number of aryl methyl sites for hydroxylation is 1. The van der Waals surface area contributed by atoms with E-state index in [0.717, 1.165) is 5.56 Å². The number of methoxy groups -OCH3 is 1. The Hall–Kier alpha value is -3.59. The molecule has 30 heavy (non-hydrogen) atoms. The summed E-state index contributed by atoms with van der Waals surface area (Å²) >= 11 is 0. The zero-order valence-corrected chi connectivity index (χ0v) is 16.6. The molecule has 2 N–H and O–H groups in total. The standard InChI is InChI=1S/C21H23N5O4/c1-29-11-12-30-17-6-4-16(5-7-17)20-24-21(28)18(25-26-20)8-9-19(27)23-14-15-3-2-10-22-13-15/h2-7,10,13H,8-9,11-12,14H2,1H3,(H,23,27)(H,24,26,28). The smallest absolute Gasteiger partial charge is 0.273 e. The number of ether oxygens (including phenoxy) is 2. The van der Waals surface area contributed by atoms with E-state index in [1.807, 2.05) is 6.07 Å². The Morgan fingerprint density at radius 1 is 1.13 bits per heavy atom. The summed E-state index contributed by atoms with van der Waals surface area (Å²) in [5.41, 5.74) is 1.47. The Kier molecular flexibility index (Phi) is 7.62. The molecule has 0 bridgehead atoms. The van der Waals surface area contributed by atoms with Gasteiger partial charge in [-0.25, -0.2) is 0 Å². The van der Waals surface area contributed by atoms with Crippen molar-refractivity contribution in [3.05, 3.63) is 70.4 Å². The highest BCUT2D eigenvalue weighted by molar-refractivity contribution is 5.76. The highest BCUT2D eigenvalue weighted by atomic mass is 16.5. The number of carbonyl (C=O) groups excluding carboxylic acids is 1. The lowest BCUT2D eigenvalue weighted by Gasteiger charge is -2.07. The molecule has 1 aromatic carbocycles. The fourth-order valence-electron chi connectivity index (χ4n) is 2.63. The second-order valence-corrected chi connectivity index (χ2v) is 6.45. The van der Waals surface area contributed by atoms with Crippen LogP contribution in [-0.2, 0) is 22.5 Å². The highest BCUT2D eigenvalue weighted by Crippen LogP contribution is 2.18. The zero-order chi connectivity index (χ0) is 21.2. The van der Waals surface area contributed by atoms with Gasteiger partial charge in [0.15, 0.2) is 5.82 Å². The summed E-state index contributed by atoms with van der Waals surface area (Å²) in [7, 11) is 1.61. The first-order valence-corrected chi connectivity index (χ1v) is 9.49. The average Bonchev–Trinajstić information content (AvgIpc) is 2.78. The van der Waals surface area contributed by atoms with Gasteiger partial charge in [-0.15, -0.1) is 10.2 Å². The minimum atomic E-state index is -0.361. The quantitative estimate of drug-likeness (QED) is 0.487. The van der Waals surface area contributed by atoms with Crippen molar-refractivity contribution in [2.75, 3.05) is 20.3 Å². The normalized spacial score (nSPS) is 10.6. The minimum Gasteiger partial charge on any atom is -0.491 e. The van der Waals surface area contributed by atoms with E-state index in [2.05, 4.69) is 25.5 Å². The molecule has 2 aromatic heterocycles. The second-order valence-electron chi connectivity index (χ2n) is 6.45. The largest absolute Gasteiger partial charge is 0.491 e. The van der Waals surface area contributed by atoms with Gasteiger partial charge < -0.3 is 19.8 Å². The first-order valence-electron chi connectivity index (χ1n) is 9.49. The summed E-state index contributed by atoms with van der Waals surface area (Å²) in [6.07, 6.45) is 3.71. The van der Waals surface area contributed by atoms with Crippen LogP contribution >= 0.6 is 0 Å². The maximum Gasteiger partial charge on any atom is 0.273 e. The van der Waals surface area contributed by atoms with Gasteiger partial charge in [-0.1, -0.05) is 6.07 Å². The number of carbonyl (C=O) groups is 1. The number of rotatable bonds is 10. The van der Waals surface area contributed by atoms with E-state index in [0.29, 0.717) is 36.9 Å². The molecule has 0 spiro atoms. The molecule has 1 amide bonds. The van der Waals surface area contributed by atoms with Crippen LogP contribution in [0.15, 0.2) is 53.6 Å². The molecule has 0 unspecified atom stereocenters. The predicted molar refractivity (Wildman–Crippen MR) is 110 cm³/mol. The lowest BCUT2D eigenvalue weighted by molar-refractivity contribution is -0.121. The van der Waals surface area contributed by atoms with E-state index in [1.54, 1.807) is 49.8 Å². The van der Waals surface area contributed by atoms with Gasteiger partial charge in [0.2, 0.25) is 5.91 Å². The van der Waals surface area contributed by atoms with Gasteiger partial charge in [0.1, 0.15) is 18.1 Å². The topological polar surface area (TPSA) is 119 Å². The van der Waals surface area contributed by atoms with Crippen molar-refractivity contribution in [1.82, 2.24) is 25.5 Å². The molecule has 0 saturated carbocycles. The Labute approximate surface area is 173 Å². The number of amides is 1. The van der Waals surface area contributed by atoms with Crippen molar-refractivity contribution in [2.24, 2.45) is 0 Å². The van der Waals surface area contributed by atoms with Crippen LogP contribution in [0.4, 0.5) is 0 Å². The third kappa shape index (κ3) is 6.21. The van der Waals surface area contributed by atoms with Crippen LogP contribution in [0, 0.1) is 0 Å². The fourth-order valence-corrected chi connectivity index (χ4v) is 2.63. The van der Waals surface area contributed by atoms with E-state index >= 15 is 0 Å². The Morgan fingerprint density at radius 3 is 2.67 bits per heavy atom. The maximum absolute atomic E-state index is 12.3. The summed E-state index contributed by atoms with van der Waals surface area (Å²) in [6.45, 7) is 1.35. The molecule has 156 valence electrons. The molecule has 0 atom stereocenters. The molecule has 0 saturated heterocycles. The fraction of sp³-hybridized carbons (Fsp3) is 0.286. The van der Waals surface area contributed by atoms with Crippen molar-refractivity contribution in [3.8, 4) is 17.1 Å². The molecular weight excluding hydrogens is 386 g/mol. The van der Waals surface area contributed by atoms with Gasteiger partial charge in [-0.2, -0.15) is 0 Å². The van der Waals surface area contributed by atoms with Gasteiger partial charge in [0.05, 0.1) is 6.61 Å². The van der Waals surface area contributed by atoms with Crippen molar-refractivity contribution in [3.63, 3.8) is 0 Å². The molecule has 0 aliphatic rings. The zero-order valence-electron chi connectivity index (χ0n) is 16.6. The lowest BCUT2D eigenvalue weighted by atomic mass is 10.2. The number of hydrogen-bond donors (Lipinski definition) is 2. The van der Waals surface area contributed by atoms with Crippen molar-refractivity contribution < 1.29 is 14.3 Å². The number of pyridine rings is 1. The second kappa shape index (κ2) is 10.8. The van der Waals surface area contributed by atoms with E-state index in [1.165, 1.54) is 0 Å². The van der Waals surface area contributed by atoms with E-state index in [4.69, 9.17) is 9.47 Å². The van der Waals surface area contributed by atoms with Crippen LogP contribution in [0.25, 0.3) is 11.4 Å². The molecule has 0 aliphatic heterocycles. The van der Waals surface area contributed by atoms with Crippen LogP contribution in [0.3, 0.4) is 0 Å². The first kappa shape index (κ1) is 21.1. The molecule has 3 aromatic rings. The van der Waals surface area contributed by atoms with Crippen LogP contribution in [0.1, 0.15) is 17.7 Å². The number of aromatic amines is 1. The monoisotopic (exact) mass is 409 g/mol. The Balaban J connectivity index is 1.53. The Morgan fingerprint density at radius 2 is 1.97 bits per heavy atom. The van der Waals surface area contributed by atoms with Gasteiger partial charge >= 0.3 is 0 Å². The van der Waals surface area contributed by atoms with Crippen LogP contribution in [0.5, 0.6) is 5.75 Å². The van der Waals surface area contributed by atoms with Gasteiger partial charge in [-0.05, 0) is 35.9 Å². The van der Waals surface area contributed by atoms with Crippen LogP contribution in [-0.4, -0.2) is 46.4 Å². The van der Waals surface area contributed by atoms with Gasteiger partial charge in [-0.3, -0.25) is 14.6 Å². The number of aromatic nitrogens is 4. The first-order chi connectivity index (χ1) is 14.7. The molecular formula is C21H23N5O4. The van der Waals surface area contributed by atoms with Crippen LogP contribution < -0.4 is 15.6 Å². The number of H-pyrrole nitrogens is 1. The molecule has 0 fully saturated rings. The molecule has 3 rings (SSSR count). The van der Waals surface area contributed by atoms with Crippen molar-refractivity contribution in [2.45, 2.75) is 19.4 Å². The summed E-state index contributed by atoms with van der Waals surface area (Å²) in [6, 6.07) is 10.8. The highest BCUT2D eigenvalue weighted by Gasteiger charge is 2.10. The summed E-state index contributed by atoms with van der Waals surface area (Å²) in [5.74, 6) is 0.876. The number of nitrogens with one attached hydrogen (secondary N) is 2. The van der Waals surface area contributed by atoms with E-state index in [-0.39, 0.29) is 30.0 Å². The Bertz CT molecular complexity index is 1010. The number of hydrogen-bond acceptors (Lipinski definition) is 7. The molecule has 0 aliphatic carbocycles. The third-order valence-corrected chi connectivity index (χ3v) is 4.25. The molecule has 2 heterocycles. The third-order valence-electron chi connectivity index (χ3n) is 4.25. The van der Waals surface area contributed by atoms with Crippen molar-refractivity contribution in [1.29, 1.82) is 0 Å². The summed E-state index contributed by atoms with van der Waals surface area (Å²) in [4.78, 5) is 31.0. The van der Waals surface area contributed by atoms with Crippen LogP contribution in [0.2, 0.25) is 0 Å². The number of benzene rings is 1. The predicted octanol–water partition coefficient (Wildman–Crippen LogP) is 1.50. The van der Waals surface area contributed by atoms with Crippen molar-refractivity contribution >= 4 is 5.91 Å². The minimum absolute atomic E-state index is 0.144. The lowest BCUT2D eigenvalue weighted by Crippen LogP contribution is -2.25. The average molecular weight is 409 g/mol. The summed E-state index contributed by atoms with van der Waals surface area (Å²) < 4.78 is 10.4. The van der Waals surface area contributed by atoms with Gasteiger partial charge in [0.25, 0.3) is 5.56 Å². The molecule has 0 radical (unpaired) electrons. The van der Waals surface area contributed by atoms with E-state index in [9.17, 15) is 9.59 Å².